The number of hydrogen-bond donors (Lipinski definition) is 2. The predicted octanol–water partition coefficient (Wildman–Crippen LogP) is 3.21. The largest absolute Gasteiger partial charge is 0.411 e. The molecule has 1 aliphatic heterocycles. The van der Waals surface area contributed by atoms with Gasteiger partial charge in [-0.3, -0.25) is 4.79 Å². The third kappa shape index (κ3) is 3.84. The fourth-order valence-electron chi connectivity index (χ4n) is 5.97. The number of rotatable bonds is 4. The molecule has 0 spiro atoms. The molecule has 1 saturated heterocycles. The molecule has 0 amide bonds. The van der Waals surface area contributed by atoms with Crippen LogP contribution in [0.1, 0.15) is 52.9 Å². The van der Waals surface area contributed by atoms with E-state index < -0.39 is 0 Å². The number of carbonyl (C=O) groups is 1. The fourth-order valence-corrected chi connectivity index (χ4v) is 5.97. The molecule has 0 bridgehead atoms. The summed E-state index contributed by atoms with van der Waals surface area (Å²) in [6, 6.07) is 0. The molecule has 3 fully saturated rings. The van der Waals surface area contributed by atoms with Gasteiger partial charge < -0.3 is 19.8 Å². The lowest BCUT2D eigenvalue weighted by molar-refractivity contribution is -0.124. The predicted molar refractivity (Wildman–Crippen MR) is 104 cm³/mol. The van der Waals surface area contributed by atoms with Crippen LogP contribution in [0.15, 0.2) is 16.8 Å². The second kappa shape index (κ2) is 8.84. The van der Waals surface area contributed by atoms with Gasteiger partial charge in [-0.05, 0) is 62.4 Å². The van der Waals surface area contributed by atoms with Crippen molar-refractivity contribution in [1.82, 2.24) is 0 Å². The zero-order valence-electron chi connectivity index (χ0n) is 17.3. The second-order valence-electron chi connectivity index (χ2n) is 8.52. The summed E-state index contributed by atoms with van der Waals surface area (Å²) in [4.78, 5) is 11.6. The van der Waals surface area contributed by atoms with Gasteiger partial charge >= 0.3 is 0 Å². The molecule has 1 heterocycles. The summed E-state index contributed by atoms with van der Waals surface area (Å²) >= 11 is 0. The Bertz CT molecular complexity index is 589. The highest BCUT2D eigenvalue weighted by molar-refractivity contribution is 5.87. The van der Waals surface area contributed by atoms with E-state index in [1.807, 2.05) is 6.08 Å². The minimum Gasteiger partial charge on any atom is -0.411 e. The summed E-state index contributed by atoms with van der Waals surface area (Å²) in [5, 5.41) is 19.9. The van der Waals surface area contributed by atoms with Gasteiger partial charge in [-0.25, -0.2) is 0 Å². The Hall–Kier alpha value is -1.24. The van der Waals surface area contributed by atoms with Crippen molar-refractivity contribution in [3.63, 3.8) is 0 Å². The summed E-state index contributed by atoms with van der Waals surface area (Å²) in [5.41, 5.74) is 1.62. The SMILES string of the molecule is CO.COC/C=C(\C=O)[C@@H]1C[C@@H]2C(C)(CCC3[C@@H](C)/C(=N/O)CCC32C)O1. The average molecular weight is 382 g/mol. The summed E-state index contributed by atoms with van der Waals surface area (Å²) in [6.07, 6.45) is 7.46. The lowest BCUT2D eigenvalue weighted by Crippen LogP contribution is -2.55. The maximum Gasteiger partial charge on any atom is 0.148 e. The van der Waals surface area contributed by atoms with Gasteiger partial charge in [0.15, 0.2) is 0 Å². The number of aliphatic hydroxyl groups excluding tert-OH is 1. The molecule has 0 aromatic heterocycles. The average Bonchev–Trinajstić information content (AvgIpc) is 3.03. The lowest BCUT2D eigenvalue weighted by atomic mass is 9.49. The van der Waals surface area contributed by atoms with Gasteiger partial charge in [0, 0.05) is 25.7 Å². The summed E-state index contributed by atoms with van der Waals surface area (Å²) in [7, 11) is 2.63. The number of methoxy groups -OCH3 is 1. The Kier molecular flexibility index (Phi) is 7.22. The number of aldehydes is 1. The number of fused-ring (bicyclic) bond motifs is 3. The number of hydrogen-bond acceptors (Lipinski definition) is 6. The molecular formula is C21H35NO5. The van der Waals surface area contributed by atoms with Crippen LogP contribution in [0.2, 0.25) is 0 Å². The van der Waals surface area contributed by atoms with Crippen molar-refractivity contribution in [3.8, 4) is 0 Å². The van der Waals surface area contributed by atoms with Crippen LogP contribution in [0.4, 0.5) is 0 Å². The van der Waals surface area contributed by atoms with Crippen molar-refractivity contribution >= 4 is 12.0 Å². The van der Waals surface area contributed by atoms with E-state index in [2.05, 4.69) is 25.9 Å². The highest BCUT2D eigenvalue weighted by atomic mass is 16.5. The minimum absolute atomic E-state index is 0.138. The van der Waals surface area contributed by atoms with Crippen molar-refractivity contribution in [3.05, 3.63) is 11.6 Å². The smallest absolute Gasteiger partial charge is 0.148 e. The van der Waals surface area contributed by atoms with Gasteiger partial charge in [-0.2, -0.15) is 0 Å². The molecule has 154 valence electrons. The van der Waals surface area contributed by atoms with E-state index in [0.29, 0.717) is 29.9 Å². The molecule has 3 unspecified atom stereocenters. The first-order valence-corrected chi connectivity index (χ1v) is 9.87. The van der Waals surface area contributed by atoms with Crippen molar-refractivity contribution in [2.75, 3.05) is 20.8 Å². The van der Waals surface area contributed by atoms with Gasteiger partial charge in [-0.1, -0.05) is 19.0 Å². The fraction of sp³-hybridized carbons (Fsp3) is 0.810. The Balaban J connectivity index is 0.00000126. The molecule has 0 aromatic rings. The number of aliphatic hydroxyl groups is 1. The van der Waals surface area contributed by atoms with E-state index in [-0.39, 0.29) is 17.1 Å². The number of ether oxygens (including phenoxy) is 2. The highest BCUT2D eigenvalue weighted by Crippen LogP contribution is 2.62. The van der Waals surface area contributed by atoms with E-state index in [9.17, 15) is 10.0 Å². The Labute approximate surface area is 162 Å². The molecule has 3 rings (SSSR count). The van der Waals surface area contributed by atoms with Gasteiger partial charge in [0.25, 0.3) is 0 Å². The maximum absolute atomic E-state index is 11.6. The number of carbonyl (C=O) groups excluding carboxylic acids is 1. The van der Waals surface area contributed by atoms with Crippen LogP contribution in [0, 0.1) is 23.2 Å². The number of oxime groups is 1. The standard InChI is InChI=1S/C20H31NO4.CH4O/c1-13-15-5-9-20(3)18(19(15,2)8-6-16(13)21-23)11-17(25-20)14(12-22)7-10-24-4;1-2/h7,12-13,15,17-18,23H,5-6,8-11H2,1-4H3;2H,1H3/b14-7+,21-16+;/t13-,15?,17+,18+,19?,20?;/m1./s1. The van der Waals surface area contributed by atoms with E-state index in [4.69, 9.17) is 14.6 Å². The third-order valence-electron chi connectivity index (χ3n) is 7.36. The Morgan fingerprint density at radius 1 is 1.37 bits per heavy atom. The molecule has 27 heavy (non-hydrogen) atoms. The normalized spacial score (nSPS) is 42.7. The first-order valence-electron chi connectivity index (χ1n) is 9.87. The van der Waals surface area contributed by atoms with Gasteiger partial charge in [0.1, 0.15) is 6.29 Å². The van der Waals surface area contributed by atoms with Crippen molar-refractivity contribution in [2.24, 2.45) is 28.3 Å². The zero-order chi connectivity index (χ0) is 20.2. The van der Waals surface area contributed by atoms with E-state index in [1.165, 1.54) is 0 Å². The second-order valence-corrected chi connectivity index (χ2v) is 8.52. The quantitative estimate of drug-likeness (QED) is 0.338. The van der Waals surface area contributed by atoms with Crippen LogP contribution in [-0.4, -0.2) is 54.8 Å². The highest BCUT2D eigenvalue weighted by Gasteiger charge is 2.61. The van der Waals surface area contributed by atoms with Gasteiger partial charge in [0.05, 0.1) is 24.0 Å². The van der Waals surface area contributed by atoms with Crippen LogP contribution in [-0.2, 0) is 14.3 Å². The molecule has 6 nitrogen and oxygen atoms in total. The molecule has 6 heteroatoms. The molecule has 2 aliphatic carbocycles. The number of nitrogens with zero attached hydrogens (tertiary/aromatic N) is 1. The van der Waals surface area contributed by atoms with Crippen molar-refractivity contribution in [2.45, 2.75) is 64.6 Å². The summed E-state index contributed by atoms with van der Waals surface area (Å²) in [5.74, 6) is 1.23. The van der Waals surface area contributed by atoms with Crippen LogP contribution in [0.3, 0.4) is 0 Å². The minimum atomic E-state index is -0.182. The van der Waals surface area contributed by atoms with Crippen LogP contribution in [0.25, 0.3) is 0 Å². The summed E-state index contributed by atoms with van der Waals surface area (Å²) in [6.45, 7) is 7.23. The monoisotopic (exact) mass is 381 g/mol. The molecule has 0 radical (unpaired) electrons. The zero-order valence-corrected chi connectivity index (χ0v) is 17.3. The van der Waals surface area contributed by atoms with E-state index >= 15 is 0 Å². The molecule has 2 N–H and O–H groups in total. The molecular weight excluding hydrogens is 346 g/mol. The molecule has 6 atom stereocenters. The van der Waals surface area contributed by atoms with Gasteiger partial charge in [0.2, 0.25) is 0 Å². The Morgan fingerprint density at radius 3 is 2.67 bits per heavy atom. The first-order chi connectivity index (χ1) is 12.9. The van der Waals surface area contributed by atoms with Crippen LogP contribution >= 0.6 is 0 Å². The molecule has 2 saturated carbocycles. The topological polar surface area (TPSA) is 88.4 Å². The maximum atomic E-state index is 11.6. The lowest BCUT2D eigenvalue weighted by Gasteiger charge is -2.56. The Morgan fingerprint density at radius 2 is 2.07 bits per heavy atom. The molecule has 3 aliphatic rings. The van der Waals surface area contributed by atoms with Crippen molar-refractivity contribution in [1.29, 1.82) is 0 Å². The summed E-state index contributed by atoms with van der Waals surface area (Å²) < 4.78 is 11.6. The van der Waals surface area contributed by atoms with E-state index in [0.717, 1.165) is 51.2 Å². The van der Waals surface area contributed by atoms with E-state index in [1.54, 1.807) is 7.11 Å². The third-order valence-corrected chi connectivity index (χ3v) is 7.36. The molecule has 0 aromatic carbocycles. The van der Waals surface area contributed by atoms with Crippen molar-refractivity contribution < 1.29 is 24.6 Å². The van der Waals surface area contributed by atoms with Gasteiger partial charge in [-0.15, -0.1) is 0 Å². The van der Waals surface area contributed by atoms with Crippen LogP contribution < -0.4 is 0 Å². The van der Waals surface area contributed by atoms with Crippen LogP contribution in [0.5, 0.6) is 0 Å². The first kappa shape index (κ1) is 22.1.